The summed E-state index contributed by atoms with van der Waals surface area (Å²) in [6, 6.07) is 13.9. The summed E-state index contributed by atoms with van der Waals surface area (Å²) >= 11 is 1.19. The van der Waals surface area contributed by atoms with Crippen molar-refractivity contribution in [2.75, 3.05) is 11.1 Å². The van der Waals surface area contributed by atoms with Crippen LogP contribution < -0.4 is 10.1 Å². The fourth-order valence-electron chi connectivity index (χ4n) is 2.62. The van der Waals surface area contributed by atoms with Crippen molar-refractivity contribution in [3.05, 3.63) is 70.0 Å². The number of aryl methyl sites for hydroxylation is 1. The first-order valence-corrected chi connectivity index (χ1v) is 10.2. The molecule has 0 bridgehead atoms. The third-order valence-corrected chi connectivity index (χ3v) is 5.35. The van der Waals surface area contributed by atoms with Gasteiger partial charge in [-0.2, -0.15) is 0 Å². The normalized spacial score (nSPS) is 10.6. The van der Waals surface area contributed by atoms with Crippen LogP contribution in [0, 0.1) is 10.1 Å². The second-order valence-electron chi connectivity index (χ2n) is 6.36. The summed E-state index contributed by atoms with van der Waals surface area (Å²) in [6.07, 6.45) is 0.968. The van der Waals surface area contributed by atoms with Crippen LogP contribution in [0.25, 0.3) is 0 Å². The fourth-order valence-corrected chi connectivity index (χ4v) is 3.35. The number of rotatable bonds is 9. The van der Waals surface area contributed by atoms with Gasteiger partial charge in [-0.3, -0.25) is 14.9 Å². The van der Waals surface area contributed by atoms with Crippen LogP contribution in [0.3, 0.4) is 0 Å². The van der Waals surface area contributed by atoms with Crippen LogP contribution in [-0.4, -0.2) is 31.3 Å². The Balaban J connectivity index is 1.54. The van der Waals surface area contributed by atoms with Gasteiger partial charge in [0.15, 0.2) is 11.0 Å². The Kier molecular flexibility index (Phi) is 7.02. The average Bonchev–Trinajstić information content (AvgIpc) is 3.10. The van der Waals surface area contributed by atoms with Gasteiger partial charge in [0, 0.05) is 13.1 Å². The van der Waals surface area contributed by atoms with Crippen molar-refractivity contribution < 1.29 is 14.5 Å². The minimum Gasteiger partial charge on any atom is -0.486 e. The van der Waals surface area contributed by atoms with Gasteiger partial charge in [0.1, 0.15) is 18.0 Å². The fraction of sp³-hybridized carbons (Fsp3) is 0.250. The minimum absolute atomic E-state index is 0.0390. The summed E-state index contributed by atoms with van der Waals surface area (Å²) < 4.78 is 7.50. The molecule has 3 rings (SSSR count). The van der Waals surface area contributed by atoms with E-state index in [-0.39, 0.29) is 29.6 Å². The molecular weight excluding hydrogens is 406 g/mol. The molecule has 1 heterocycles. The minimum atomic E-state index is -0.534. The Labute approximate surface area is 177 Å². The number of ether oxygens (including phenoxy) is 1. The smallest absolute Gasteiger partial charge is 0.292 e. The van der Waals surface area contributed by atoms with Crippen LogP contribution in [0.4, 0.5) is 11.4 Å². The standard InChI is InChI=1S/C20H21N5O4S/c1-3-14-8-10-15(11-9-14)29-12-18-22-23-20(24(18)2)30-13-19(26)21-16-6-4-5-7-17(16)25(27)28/h4-11H,3,12-13H2,1-2H3,(H,21,26). The lowest BCUT2D eigenvalue weighted by molar-refractivity contribution is -0.383. The quantitative estimate of drug-likeness (QED) is 0.315. The maximum absolute atomic E-state index is 12.2. The molecule has 0 spiro atoms. The molecule has 156 valence electrons. The number of carbonyl (C=O) groups is 1. The van der Waals surface area contributed by atoms with Gasteiger partial charge in [0.2, 0.25) is 5.91 Å². The molecule has 0 saturated carbocycles. The van der Waals surface area contributed by atoms with E-state index >= 15 is 0 Å². The van der Waals surface area contributed by atoms with E-state index in [0.29, 0.717) is 11.0 Å². The first kappa shape index (κ1) is 21.3. The van der Waals surface area contributed by atoms with Crippen LogP contribution in [0.2, 0.25) is 0 Å². The molecule has 1 aromatic heterocycles. The lowest BCUT2D eigenvalue weighted by Gasteiger charge is -2.07. The zero-order chi connectivity index (χ0) is 21.5. The van der Waals surface area contributed by atoms with E-state index in [1.54, 1.807) is 23.7 Å². The second kappa shape index (κ2) is 9.88. The molecule has 30 heavy (non-hydrogen) atoms. The Morgan fingerprint density at radius 2 is 1.93 bits per heavy atom. The first-order chi connectivity index (χ1) is 14.5. The highest BCUT2D eigenvalue weighted by molar-refractivity contribution is 7.99. The largest absolute Gasteiger partial charge is 0.486 e. The molecule has 0 saturated heterocycles. The highest BCUT2D eigenvalue weighted by Crippen LogP contribution is 2.24. The number of amides is 1. The van der Waals surface area contributed by atoms with Crippen molar-refractivity contribution in [3.8, 4) is 5.75 Å². The molecule has 0 aliphatic carbocycles. The Morgan fingerprint density at radius 3 is 2.63 bits per heavy atom. The Hall–Kier alpha value is -3.40. The number of aromatic nitrogens is 3. The predicted octanol–water partition coefficient (Wildman–Crippen LogP) is 3.60. The molecule has 0 radical (unpaired) electrons. The molecule has 0 aliphatic heterocycles. The third-order valence-electron chi connectivity index (χ3n) is 4.33. The van der Waals surface area contributed by atoms with E-state index in [9.17, 15) is 14.9 Å². The molecule has 0 fully saturated rings. The van der Waals surface area contributed by atoms with Crippen LogP contribution >= 0.6 is 11.8 Å². The number of carbonyl (C=O) groups excluding carboxylic acids is 1. The number of anilines is 1. The summed E-state index contributed by atoms with van der Waals surface area (Å²) in [5.41, 5.74) is 1.24. The summed E-state index contributed by atoms with van der Waals surface area (Å²) in [6.45, 7) is 2.34. The Morgan fingerprint density at radius 1 is 1.20 bits per heavy atom. The van der Waals surface area contributed by atoms with Crippen LogP contribution in [-0.2, 0) is 24.9 Å². The molecule has 1 amide bonds. The van der Waals surface area contributed by atoms with E-state index in [2.05, 4.69) is 22.4 Å². The van der Waals surface area contributed by atoms with E-state index in [4.69, 9.17) is 4.74 Å². The van der Waals surface area contributed by atoms with Crippen molar-refractivity contribution in [2.45, 2.75) is 25.1 Å². The summed E-state index contributed by atoms with van der Waals surface area (Å²) in [5.74, 6) is 1.03. The van der Waals surface area contributed by atoms with Gasteiger partial charge in [0.25, 0.3) is 5.69 Å². The number of para-hydroxylation sites is 2. The predicted molar refractivity (Wildman–Crippen MR) is 114 cm³/mol. The molecule has 0 aliphatic rings. The zero-order valence-corrected chi connectivity index (χ0v) is 17.4. The van der Waals surface area contributed by atoms with E-state index in [0.717, 1.165) is 12.2 Å². The lowest BCUT2D eigenvalue weighted by atomic mass is 10.2. The van der Waals surface area contributed by atoms with Crippen molar-refractivity contribution in [3.63, 3.8) is 0 Å². The van der Waals surface area contributed by atoms with E-state index < -0.39 is 4.92 Å². The second-order valence-corrected chi connectivity index (χ2v) is 7.30. The number of hydrogen-bond acceptors (Lipinski definition) is 7. The summed E-state index contributed by atoms with van der Waals surface area (Å²) in [7, 11) is 1.79. The van der Waals surface area contributed by atoms with E-state index in [1.165, 1.54) is 29.5 Å². The summed E-state index contributed by atoms with van der Waals surface area (Å²) in [5, 5.41) is 22.3. The number of nitro groups is 1. The van der Waals surface area contributed by atoms with Gasteiger partial charge >= 0.3 is 0 Å². The maximum Gasteiger partial charge on any atom is 0.292 e. The molecule has 9 nitrogen and oxygen atoms in total. The molecule has 0 unspecified atom stereocenters. The third kappa shape index (κ3) is 5.35. The number of benzene rings is 2. The lowest BCUT2D eigenvalue weighted by Crippen LogP contribution is -2.15. The molecule has 2 aromatic carbocycles. The SMILES string of the molecule is CCc1ccc(OCc2nnc(SCC(=O)Nc3ccccc3[N+](=O)[O-])n2C)cc1. The van der Waals surface area contributed by atoms with Crippen LogP contribution in [0.15, 0.2) is 53.7 Å². The number of nitro benzene ring substituents is 1. The first-order valence-electron chi connectivity index (χ1n) is 9.24. The maximum atomic E-state index is 12.2. The molecule has 1 N–H and O–H groups in total. The van der Waals surface area contributed by atoms with Crippen LogP contribution in [0.1, 0.15) is 18.3 Å². The molecule has 10 heteroatoms. The van der Waals surface area contributed by atoms with Gasteiger partial charge in [-0.1, -0.05) is 43.0 Å². The van der Waals surface area contributed by atoms with Crippen molar-refractivity contribution >= 4 is 29.0 Å². The van der Waals surface area contributed by atoms with E-state index in [1.807, 2.05) is 24.3 Å². The molecule has 0 atom stereocenters. The average molecular weight is 427 g/mol. The van der Waals surface area contributed by atoms with Crippen molar-refractivity contribution in [2.24, 2.45) is 7.05 Å². The number of nitrogens with one attached hydrogen (secondary N) is 1. The number of hydrogen-bond donors (Lipinski definition) is 1. The topological polar surface area (TPSA) is 112 Å². The highest BCUT2D eigenvalue weighted by atomic mass is 32.2. The molecule has 3 aromatic rings. The van der Waals surface area contributed by atoms with Gasteiger partial charge in [-0.25, -0.2) is 0 Å². The highest BCUT2D eigenvalue weighted by Gasteiger charge is 2.16. The van der Waals surface area contributed by atoms with Gasteiger partial charge in [0.05, 0.1) is 10.7 Å². The van der Waals surface area contributed by atoms with Gasteiger partial charge in [-0.05, 0) is 30.2 Å². The Bertz CT molecular complexity index is 1040. The van der Waals surface area contributed by atoms with Crippen molar-refractivity contribution in [1.29, 1.82) is 0 Å². The monoisotopic (exact) mass is 427 g/mol. The van der Waals surface area contributed by atoms with Crippen molar-refractivity contribution in [1.82, 2.24) is 14.8 Å². The van der Waals surface area contributed by atoms with Crippen LogP contribution in [0.5, 0.6) is 5.75 Å². The van der Waals surface area contributed by atoms with Gasteiger partial charge < -0.3 is 14.6 Å². The van der Waals surface area contributed by atoms with Gasteiger partial charge in [-0.15, -0.1) is 10.2 Å². The molecular formula is C20H21N5O4S. The zero-order valence-electron chi connectivity index (χ0n) is 16.6. The number of thioether (sulfide) groups is 1. The summed E-state index contributed by atoms with van der Waals surface area (Å²) in [4.78, 5) is 22.7. The number of nitrogens with zero attached hydrogens (tertiary/aromatic N) is 4.